The number of aryl methyl sites for hydroxylation is 1. The Morgan fingerprint density at radius 1 is 0.911 bits per heavy atom. The summed E-state index contributed by atoms with van der Waals surface area (Å²) >= 11 is 0. The first-order valence-corrected chi connectivity index (χ1v) is 16.2. The molecular weight excluding hydrogens is 603 g/mol. The summed E-state index contributed by atoms with van der Waals surface area (Å²) in [6.45, 7) is 2.72. The SMILES string of the molecule is Cc1ccc2c(CS(=O)(=O)Cc3ccccc3F)c(F)ccc2c1Oc1ncccc1-c1ccnc(N[C@@H]2CNC[C@@H](F)C2)n1. The third-order valence-corrected chi connectivity index (χ3v) is 9.11. The molecule has 45 heavy (non-hydrogen) atoms. The molecule has 1 aliphatic heterocycles. The van der Waals surface area contributed by atoms with Crippen LogP contribution in [-0.2, 0) is 21.3 Å². The number of aromatic nitrogens is 3. The van der Waals surface area contributed by atoms with Crippen LogP contribution in [0.2, 0.25) is 0 Å². The molecule has 0 aliphatic carbocycles. The number of benzene rings is 3. The van der Waals surface area contributed by atoms with Crippen LogP contribution in [0.4, 0.5) is 19.1 Å². The number of ether oxygens (including phenoxy) is 1. The predicted octanol–water partition coefficient (Wildman–Crippen LogP) is 6.30. The maximum absolute atomic E-state index is 15.2. The zero-order chi connectivity index (χ0) is 31.6. The topological polar surface area (TPSA) is 106 Å². The molecular formula is C33H30F3N5O3S. The lowest BCUT2D eigenvalue weighted by Gasteiger charge is -2.26. The van der Waals surface area contributed by atoms with E-state index >= 15 is 4.39 Å². The van der Waals surface area contributed by atoms with E-state index in [1.807, 2.05) is 6.92 Å². The predicted molar refractivity (Wildman–Crippen MR) is 167 cm³/mol. The van der Waals surface area contributed by atoms with Crippen molar-refractivity contribution in [1.82, 2.24) is 20.3 Å². The molecule has 5 aromatic rings. The van der Waals surface area contributed by atoms with E-state index in [1.165, 1.54) is 30.3 Å². The molecule has 8 nitrogen and oxygen atoms in total. The van der Waals surface area contributed by atoms with Crippen LogP contribution in [0.5, 0.6) is 11.6 Å². The van der Waals surface area contributed by atoms with Crippen LogP contribution in [0.1, 0.15) is 23.1 Å². The summed E-state index contributed by atoms with van der Waals surface area (Å²) in [4.78, 5) is 13.4. The van der Waals surface area contributed by atoms with Crippen molar-refractivity contribution in [2.45, 2.75) is 37.1 Å². The summed E-state index contributed by atoms with van der Waals surface area (Å²) in [5.74, 6) is -1.60. The number of rotatable bonds is 9. The molecule has 232 valence electrons. The average molecular weight is 634 g/mol. The van der Waals surface area contributed by atoms with Gasteiger partial charge in [-0.2, -0.15) is 0 Å². The molecule has 3 aromatic carbocycles. The number of alkyl halides is 1. The zero-order valence-electron chi connectivity index (χ0n) is 24.3. The number of nitrogens with zero attached hydrogens (tertiary/aromatic N) is 3. The van der Waals surface area contributed by atoms with Gasteiger partial charge in [-0.1, -0.05) is 30.3 Å². The highest BCUT2D eigenvalue weighted by Crippen LogP contribution is 2.38. The molecule has 1 saturated heterocycles. The Labute approximate surface area is 258 Å². The number of hydrogen-bond acceptors (Lipinski definition) is 8. The van der Waals surface area contributed by atoms with Gasteiger partial charge in [0.05, 0.1) is 22.8 Å². The van der Waals surface area contributed by atoms with Crippen LogP contribution >= 0.6 is 0 Å². The third-order valence-electron chi connectivity index (χ3n) is 7.63. The molecule has 0 saturated carbocycles. The minimum atomic E-state index is -3.94. The van der Waals surface area contributed by atoms with Crippen LogP contribution in [0.25, 0.3) is 22.0 Å². The van der Waals surface area contributed by atoms with Gasteiger partial charge < -0.3 is 15.4 Å². The second kappa shape index (κ2) is 12.8. The lowest BCUT2D eigenvalue weighted by molar-refractivity contribution is 0.254. The minimum Gasteiger partial charge on any atom is -0.437 e. The molecule has 2 atom stereocenters. The minimum absolute atomic E-state index is 0.0192. The monoisotopic (exact) mass is 633 g/mol. The largest absolute Gasteiger partial charge is 0.437 e. The fourth-order valence-corrected chi connectivity index (χ4v) is 7.00. The molecule has 6 rings (SSSR count). The van der Waals surface area contributed by atoms with Crippen molar-refractivity contribution in [3.63, 3.8) is 0 Å². The van der Waals surface area contributed by atoms with Gasteiger partial charge in [0.2, 0.25) is 11.8 Å². The van der Waals surface area contributed by atoms with Crippen molar-refractivity contribution < 1.29 is 26.3 Å². The molecule has 1 fully saturated rings. The number of pyridine rings is 1. The van der Waals surface area contributed by atoms with E-state index in [1.54, 1.807) is 48.8 Å². The average Bonchev–Trinajstić information content (AvgIpc) is 3.01. The summed E-state index contributed by atoms with van der Waals surface area (Å²) in [5, 5.41) is 7.06. The van der Waals surface area contributed by atoms with Crippen molar-refractivity contribution >= 4 is 26.6 Å². The van der Waals surface area contributed by atoms with E-state index < -0.39 is 39.1 Å². The maximum atomic E-state index is 15.2. The van der Waals surface area contributed by atoms with Crippen molar-refractivity contribution in [2.75, 3.05) is 18.4 Å². The normalized spacial score (nSPS) is 16.9. The van der Waals surface area contributed by atoms with Gasteiger partial charge >= 0.3 is 0 Å². The van der Waals surface area contributed by atoms with Crippen molar-refractivity contribution in [2.24, 2.45) is 0 Å². The standard InChI is InChI=1S/C33H30F3N5O3S/c1-20-8-9-24-25(10-11-29(36)27(24)19-45(42,43)18-21-5-2-3-7-28(21)35)31(20)44-32-26(6-4-13-38-32)30-12-14-39-33(41-30)40-23-15-22(34)16-37-17-23/h2-14,22-23,37H,15-19H2,1H3,(H,39,40,41)/t22-,23-/m0/s1. The fourth-order valence-electron chi connectivity index (χ4n) is 5.45. The molecule has 0 amide bonds. The number of sulfone groups is 1. The van der Waals surface area contributed by atoms with E-state index in [0.29, 0.717) is 58.8 Å². The summed E-state index contributed by atoms with van der Waals surface area (Å²) in [5.41, 5.74) is 1.76. The molecule has 3 heterocycles. The van der Waals surface area contributed by atoms with E-state index in [9.17, 15) is 17.2 Å². The van der Waals surface area contributed by atoms with Crippen LogP contribution in [-0.4, -0.2) is 48.7 Å². The Balaban J connectivity index is 1.32. The summed E-state index contributed by atoms with van der Waals surface area (Å²) in [7, 11) is -3.94. The van der Waals surface area contributed by atoms with Gasteiger partial charge in [0.25, 0.3) is 0 Å². The summed E-state index contributed by atoms with van der Waals surface area (Å²) in [6.07, 6.45) is 2.54. The first-order chi connectivity index (χ1) is 21.7. The van der Waals surface area contributed by atoms with Crippen LogP contribution < -0.4 is 15.4 Å². The van der Waals surface area contributed by atoms with Gasteiger partial charge in [-0.15, -0.1) is 0 Å². The highest BCUT2D eigenvalue weighted by atomic mass is 32.2. The molecule has 1 aliphatic rings. The highest BCUT2D eigenvalue weighted by Gasteiger charge is 2.24. The van der Waals surface area contributed by atoms with Gasteiger partial charge in [0.15, 0.2) is 9.84 Å². The molecule has 0 radical (unpaired) electrons. The van der Waals surface area contributed by atoms with Gasteiger partial charge in [-0.05, 0) is 54.3 Å². The molecule has 0 bridgehead atoms. The lowest BCUT2D eigenvalue weighted by atomic mass is 10.0. The first-order valence-electron chi connectivity index (χ1n) is 14.4. The van der Waals surface area contributed by atoms with Crippen LogP contribution in [0.3, 0.4) is 0 Å². The summed E-state index contributed by atoms with van der Waals surface area (Å²) < 4.78 is 75.9. The Hall–Kier alpha value is -4.55. The Morgan fingerprint density at radius 3 is 2.56 bits per heavy atom. The van der Waals surface area contributed by atoms with E-state index in [4.69, 9.17) is 4.74 Å². The van der Waals surface area contributed by atoms with Crippen molar-refractivity contribution in [3.8, 4) is 22.9 Å². The molecule has 12 heteroatoms. The Bertz CT molecular complexity index is 1980. The molecule has 0 unspecified atom stereocenters. The first kappa shape index (κ1) is 30.5. The third kappa shape index (κ3) is 6.91. The molecule has 0 spiro atoms. The number of anilines is 1. The van der Waals surface area contributed by atoms with E-state index in [0.717, 1.165) is 0 Å². The zero-order valence-corrected chi connectivity index (χ0v) is 25.1. The van der Waals surface area contributed by atoms with Crippen LogP contribution in [0, 0.1) is 18.6 Å². The number of nitrogens with one attached hydrogen (secondary N) is 2. The van der Waals surface area contributed by atoms with Gasteiger partial charge in [-0.25, -0.2) is 36.5 Å². The van der Waals surface area contributed by atoms with Gasteiger partial charge in [-0.3, -0.25) is 0 Å². The Kier molecular flexibility index (Phi) is 8.68. The number of piperidine rings is 1. The smallest absolute Gasteiger partial charge is 0.228 e. The highest BCUT2D eigenvalue weighted by molar-refractivity contribution is 7.89. The molecule has 2 N–H and O–H groups in total. The number of halogens is 3. The number of fused-ring (bicyclic) bond motifs is 1. The quantitative estimate of drug-likeness (QED) is 0.195. The Morgan fingerprint density at radius 2 is 1.73 bits per heavy atom. The maximum Gasteiger partial charge on any atom is 0.228 e. The van der Waals surface area contributed by atoms with Crippen LogP contribution in [0.15, 0.2) is 79.1 Å². The van der Waals surface area contributed by atoms with Crippen molar-refractivity contribution in [1.29, 1.82) is 0 Å². The lowest BCUT2D eigenvalue weighted by Crippen LogP contribution is -2.44. The summed E-state index contributed by atoms with van der Waals surface area (Å²) in [6, 6.07) is 16.8. The van der Waals surface area contributed by atoms with Gasteiger partial charge in [0.1, 0.15) is 23.6 Å². The van der Waals surface area contributed by atoms with Gasteiger partial charge in [0, 0.05) is 54.5 Å². The number of hydrogen-bond donors (Lipinski definition) is 2. The second-order valence-corrected chi connectivity index (χ2v) is 13.1. The van der Waals surface area contributed by atoms with Crippen molar-refractivity contribution in [3.05, 3.63) is 107 Å². The molecule has 2 aromatic heterocycles. The second-order valence-electron chi connectivity index (χ2n) is 11.0. The fraction of sp³-hybridized carbons (Fsp3) is 0.242. The van der Waals surface area contributed by atoms with E-state index in [2.05, 4.69) is 25.6 Å². The van der Waals surface area contributed by atoms with E-state index in [-0.39, 0.29) is 23.0 Å².